The van der Waals surface area contributed by atoms with E-state index < -0.39 is 9.90 Å². The van der Waals surface area contributed by atoms with Crippen molar-refractivity contribution in [1.82, 2.24) is 9.38 Å². The van der Waals surface area contributed by atoms with E-state index in [9.17, 15) is 5.11 Å². The highest BCUT2D eigenvalue weighted by molar-refractivity contribution is 9.10. The second-order valence-electron chi connectivity index (χ2n) is 4.73. The second kappa shape index (κ2) is 6.02. The van der Waals surface area contributed by atoms with Gasteiger partial charge in [-0.1, -0.05) is 65.1 Å². The van der Waals surface area contributed by atoms with Crippen LogP contribution in [0.4, 0.5) is 0 Å². The Morgan fingerprint density at radius 3 is 2.41 bits per heavy atom. The number of fused-ring (bicyclic) bond motifs is 1. The van der Waals surface area contributed by atoms with Gasteiger partial charge in [-0.3, -0.25) is 4.40 Å². The summed E-state index contributed by atoms with van der Waals surface area (Å²) in [5.74, 6) is 0. The van der Waals surface area contributed by atoms with Crippen molar-refractivity contribution in [2.75, 3.05) is 0 Å². The van der Waals surface area contributed by atoms with Gasteiger partial charge in [0.05, 0.1) is 11.4 Å². The van der Waals surface area contributed by atoms with Crippen molar-refractivity contribution in [1.29, 1.82) is 0 Å². The fourth-order valence-electron chi connectivity index (χ4n) is 2.26. The molecule has 22 heavy (non-hydrogen) atoms. The molecule has 0 radical (unpaired) electrons. The van der Waals surface area contributed by atoms with Crippen LogP contribution in [0.25, 0.3) is 16.9 Å². The quantitative estimate of drug-likeness (QED) is 0.581. The summed E-state index contributed by atoms with van der Waals surface area (Å²) in [7, 11) is 0. The number of alkyl halides is 3. The van der Waals surface area contributed by atoms with Gasteiger partial charge < -0.3 is 5.11 Å². The van der Waals surface area contributed by atoms with E-state index in [1.54, 1.807) is 10.6 Å². The summed E-state index contributed by atoms with van der Waals surface area (Å²) in [6, 6.07) is 13.2. The molecule has 0 spiro atoms. The van der Waals surface area contributed by atoms with Crippen molar-refractivity contribution in [3.05, 3.63) is 58.8 Å². The van der Waals surface area contributed by atoms with Gasteiger partial charge in [0.25, 0.3) is 0 Å². The molecule has 1 atom stereocenters. The highest BCUT2D eigenvalue weighted by Gasteiger charge is 2.36. The van der Waals surface area contributed by atoms with Crippen LogP contribution in [0.5, 0.6) is 0 Å². The lowest BCUT2D eigenvalue weighted by Gasteiger charge is -2.20. The first-order chi connectivity index (χ1) is 10.4. The predicted molar refractivity (Wildman–Crippen MR) is 93.6 cm³/mol. The summed E-state index contributed by atoms with van der Waals surface area (Å²) < 4.78 is 0.690. The summed E-state index contributed by atoms with van der Waals surface area (Å²) in [5.41, 5.74) is 2.51. The van der Waals surface area contributed by atoms with Crippen molar-refractivity contribution >= 4 is 56.4 Å². The smallest absolute Gasteiger partial charge is 0.221 e. The van der Waals surface area contributed by atoms with Crippen molar-refractivity contribution < 1.29 is 5.11 Å². The number of aliphatic hydroxyl groups excluding tert-OH is 1. The zero-order chi connectivity index (χ0) is 15.9. The number of benzene rings is 1. The Bertz CT molecular complexity index is 815. The molecule has 0 aliphatic rings. The number of hydrogen-bond donors (Lipinski definition) is 1. The van der Waals surface area contributed by atoms with Crippen LogP contribution < -0.4 is 0 Å². The van der Waals surface area contributed by atoms with Crippen molar-refractivity contribution in [2.24, 2.45) is 0 Å². The van der Waals surface area contributed by atoms with Crippen LogP contribution >= 0.6 is 50.7 Å². The molecule has 114 valence electrons. The Morgan fingerprint density at radius 2 is 1.77 bits per heavy atom. The van der Waals surface area contributed by atoms with E-state index in [2.05, 4.69) is 20.9 Å². The van der Waals surface area contributed by atoms with Crippen LogP contribution in [-0.4, -0.2) is 18.3 Å². The average molecular weight is 421 g/mol. The zero-order valence-electron chi connectivity index (χ0n) is 11.0. The van der Waals surface area contributed by atoms with E-state index in [0.717, 1.165) is 10.0 Å². The van der Waals surface area contributed by atoms with Gasteiger partial charge in [-0.2, -0.15) is 0 Å². The molecule has 0 bridgehead atoms. The molecular weight excluding hydrogens is 410 g/mol. The van der Waals surface area contributed by atoms with Crippen LogP contribution in [0.3, 0.4) is 0 Å². The van der Waals surface area contributed by atoms with Crippen LogP contribution in [0, 0.1) is 0 Å². The number of aromatic nitrogens is 2. The topological polar surface area (TPSA) is 37.5 Å². The Labute approximate surface area is 150 Å². The Hall–Kier alpha value is -0.780. The molecule has 0 aliphatic heterocycles. The molecule has 0 saturated carbocycles. The standard InChI is InChI=1S/C15H10BrCl3N2O/c16-10-6-7-11-20-12(9-4-2-1-3-5-9)13(21(11)8-10)14(22)15(17,18)19/h1-8,14,22H. The molecule has 7 heteroatoms. The number of imidazole rings is 1. The molecule has 3 nitrogen and oxygen atoms in total. The fourth-order valence-corrected chi connectivity index (χ4v) is 2.91. The van der Waals surface area contributed by atoms with Crippen LogP contribution in [-0.2, 0) is 0 Å². The van der Waals surface area contributed by atoms with E-state index >= 15 is 0 Å². The zero-order valence-corrected chi connectivity index (χ0v) is 14.9. The molecule has 3 aromatic rings. The third-order valence-electron chi connectivity index (χ3n) is 3.24. The molecule has 3 rings (SSSR count). The van der Waals surface area contributed by atoms with E-state index in [1.807, 2.05) is 42.5 Å². The third kappa shape index (κ3) is 2.99. The lowest BCUT2D eigenvalue weighted by molar-refractivity contribution is 0.177. The molecular formula is C15H10BrCl3N2O. The Kier molecular flexibility index (Phi) is 4.40. The maximum Gasteiger partial charge on any atom is 0.221 e. The first-order valence-corrected chi connectivity index (χ1v) is 8.28. The van der Waals surface area contributed by atoms with Gasteiger partial charge in [-0.15, -0.1) is 0 Å². The van der Waals surface area contributed by atoms with Crippen molar-refractivity contribution in [3.63, 3.8) is 0 Å². The summed E-state index contributed by atoms with van der Waals surface area (Å²) in [6.07, 6.45) is 0.459. The third-order valence-corrected chi connectivity index (χ3v) is 4.32. The molecule has 2 aromatic heterocycles. The Balaban J connectivity index is 2.32. The van der Waals surface area contributed by atoms with Gasteiger partial charge in [0.1, 0.15) is 11.8 Å². The summed E-state index contributed by atoms with van der Waals surface area (Å²) in [6.45, 7) is 0. The molecule has 1 unspecified atom stereocenters. The number of nitrogens with zero attached hydrogens (tertiary/aromatic N) is 2. The monoisotopic (exact) mass is 418 g/mol. The SMILES string of the molecule is OC(c1c(-c2ccccc2)nc2ccc(Br)cn12)C(Cl)(Cl)Cl. The molecule has 0 amide bonds. The molecule has 1 N–H and O–H groups in total. The van der Waals surface area contributed by atoms with Crippen LogP contribution in [0.15, 0.2) is 53.1 Å². The van der Waals surface area contributed by atoms with Crippen molar-refractivity contribution in [3.8, 4) is 11.3 Å². The van der Waals surface area contributed by atoms with E-state index in [-0.39, 0.29) is 0 Å². The number of hydrogen-bond acceptors (Lipinski definition) is 2. The normalized spacial score (nSPS) is 13.5. The lowest BCUT2D eigenvalue weighted by atomic mass is 10.1. The van der Waals surface area contributed by atoms with Gasteiger partial charge >= 0.3 is 0 Å². The van der Waals surface area contributed by atoms with E-state index in [4.69, 9.17) is 34.8 Å². The van der Waals surface area contributed by atoms with Gasteiger partial charge in [-0.25, -0.2) is 4.98 Å². The number of aliphatic hydroxyl groups is 1. The summed E-state index contributed by atoms with van der Waals surface area (Å²) >= 11 is 21.1. The minimum absolute atomic E-state index is 0.433. The molecule has 0 aliphatic carbocycles. The van der Waals surface area contributed by atoms with Crippen molar-refractivity contribution in [2.45, 2.75) is 9.90 Å². The number of rotatable bonds is 2. The van der Waals surface area contributed by atoms with Crippen LogP contribution in [0.2, 0.25) is 0 Å². The maximum absolute atomic E-state index is 10.5. The number of halogens is 4. The minimum atomic E-state index is -1.86. The maximum atomic E-state index is 10.5. The average Bonchev–Trinajstić information content (AvgIpc) is 2.84. The second-order valence-corrected chi connectivity index (χ2v) is 8.02. The van der Waals surface area contributed by atoms with E-state index in [0.29, 0.717) is 17.0 Å². The first-order valence-electron chi connectivity index (χ1n) is 6.35. The molecule has 2 heterocycles. The van der Waals surface area contributed by atoms with Crippen LogP contribution in [0.1, 0.15) is 11.8 Å². The van der Waals surface area contributed by atoms with Gasteiger partial charge in [0.2, 0.25) is 3.79 Å². The predicted octanol–water partition coefficient (Wildman–Crippen LogP) is 5.17. The summed E-state index contributed by atoms with van der Waals surface area (Å²) in [4.78, 5) is 4.56. The summed E-state index contributed by atoms with van der Waals surface area (Å²) in [5, 5.41) is 10.5. The van der Waals surface area contributed by atoms with E-state index in [1.165, 1.54) is 0 Å². The highest BCUT2D eigenvalue weighted by atomic mass is 79.9. The lowest BCUT2D eigenvalue weighted by Crippen LogP contribution is -2.19. The minimum Gasteiger partial charge on any atom is -0.382 e. The highest BCUT2D eigenvalue weighted by Crippen LogP contribution is 2.43. The Morgan fingerprint density at radius 1 is 1.09 bits per heavy atom. The van der Waals surface area contributed by atoms with Gasteiger partial charge in [0, 0.05) is 16.2 Å². The first kappa shape index (κ1) is 16.1. The fraction of sp³-hybridized carbons (Fsp3) is 0.133. The van der Waals surface area contributed by atoms with Gasteiger partial charge in [0.15, 0.2) is 0 Å². The molecule has 1 aromatic carbocycles. The number of pyridine rings is 1. The molecule has 0 saturated heterocycles. The van der Waals surface area contributed by atoms with Gasteiger partial charge in [-0.05, 0) is 28.1 Å². The largest absolute Gasteiger partial charge is 0.382 e. The molecule has 0 fully saturated rings.